The molecule has 1 aliphatic heterocycles. The van der Waals surface area contributed by atoms with E-state index >= 15 is 0 Å². The van der Waals surface area contributed by atoms with Crippen molar-refractivity contribution in [3.8, 4) is 0 Å². The third-order valence-electron chi connectivity index (χ3n) is 5.06. The van der Waals surface area contributed by atoms with E-state index < -0.39 is 5.60 Å². The first-order valence-electron chi connectivity index (χ1n) is 8.15. The molecule has 0 aliphatic carbocycles. The van der Waals surface area contributed by atoms with Gasteiger partial charge >= 0.3 is 0 Å². The van der Waals surface area contributed by atoms with E-state index in [9.17, 15) is 14.3 Å². The van der Waals surface area contributed by atoms with Crippen LogP contribution in [0.4, 0.5) is 4.39 Å². The average Bonchev–Trinajstić information content (AvgIpc) is 2.49. The molecule has 0 radical (unpaired) electrons. The van der Waals surface area contributed by atoms with E-state index in [0.717, 1.165) is 24.9 Å². The first-order chi connectivity index (χ1) is 10.9. The Kier molecular flexibility index (Phi) is 4.25. The standard InChI is InChI=1S/C18H23FN2O2/c1-3-14-11-21(7-6-18(14,2)23)10-13-8-12-4-5-15(19)9-16(12)20-17(13)22/h4-5,8-9,14,23H,3,6-7,10-11H2,1-2H3,(H,20,22)/t14-,18+/m0/s1. The minimum atomic E-state index is -0.626. The van der Waals surface area contributed by atoms with Crippen LogP contribution in [0.1, 0.15) is 32.3 Å². The molecule has 0 bridgehead atoms. The summed E-state index contributed by atoms with van der Waals surface area (Å²) < 4.78 is 13.2. The minimum Gasteiger partial charge on any atom is -0.390 e. The zero-order chi connectivity index (χ0) is 16.6. The van der Waals surface area contributed by atoms with Gasteiger partial charge in [-0.1, -0.05) is 6.92 Å². The van der Waals surface area contributed by atoms with E-state index in [4.69, 9.17) is 0 Å². The van der Waals surface area contributed by atoms with Crippen molar-refractivity contribution < 1.29 is 9.50 Å². The predicted octanol–water partition coefficient (Wildman–Crippen LogP) is 2.65. The van der Waals surface area contributed by atoms with Gasteiger partial charge in [-0.3, -0.25) is 9.69 Å². The number of H-pyrrole nitrogens is 1. The van der Waals surface area contributed by atoms with Gasteiger partial charge in [0.25, 0.3) is 5.56 Å². The fourth-order valence-electron chi connectivity index (χ4n) is 3.48. The Labute approximate surface area is 134 Å². The molecular formula is C18H23FN2O2. The second kappa shape index (κ2) is 6.06. The van der Waals surface area contributed by atoms with Crippen LogP contribution in [0.5, 0.6) is 0 Å². The quantitative estimate of drug-likeness (QED) is 0.915. The molecule has 1 aromatic carbocycles. The van der Waals surface area contributed by atoms with Gasteiger partial charge in [0.15, 0.2) is 0 Å². The highest BCUT2D eigenvalue weighted by molar-refractivity contribution is 5.78. The predicted molar refractivity (Wildman–Crippen MR) is 88.8 cm³/mol. The molecule has 2 atom stereocenters. The van der Waals surface area contributed by atoms with Crippen molar-refractivity contribution in [1.29, 1.82) is 0 Å². The van der Waals surface area contributed by atoms with Gasteiger partial charge < -0.3 is 10.1 Å². The maximum absolute atomic E-state index is 13.2. The molecule has 23 heavy (non-hydrogen) atoms. The van der Waals surface area contributed by atoms with E-state index in [1.807, 2.05) is 13.0 Å². The highest BCUT2D eigenvalue weighted by Crippen LogP contribution is 2.30. The lowest BCUT2D eigenvalue weighted by Crippen LogP contribution is -2.49. The zero-order valence-electron chi connectivity index (χ0n) is 13.6. The van der Waals surface area contributed by atoms with Gasteiger partial charge in [-0.15, -0.1) is 0 Å². The summed E-state index contributed by atoms with van der Waals surface area (Å²) in [7, 11) is 0. The average molecular weight is 318 g/mol. The number of nitrogens with one attached hydrogen (secondary N) is 1. The summed E-state index contributed by atoms with van der Waals surface area (Å²) in [4.78, 5) is 17.2. The fraction of sp³-hybridized carbons (Fsp3) is 0.500. The minimum absolute atomic E-state index is 0.173. The number of benzene rings is 1. The number of piperidine rings is 1. The summed E-state index contributed by atoms with van der Waals surface area (Å²) in [6, 6.07) is 6.25. The van der Waals surface area contributed by atoms with Gasteiger partial charge in [-0.2, -0.15) is 0 Å². The van der Waals surface area contributed by atoms with Gasteiger partial charge in [0.2, 0.25) is 0 Å². The monoisotopic (exact) mass is 318 g/mol. The Balaban J connectivity index is 1.83. The van der Waals surface area contributed by atoms with Crippen molar-refractivity contribution in [3.63, 3.8) is 0 Å². The van der Waals surface area contributed by atoms with Crippen LogP contribution in [0, 0.1) is 11.7 Å². The Morgan fingerprint density at radius 3 is 2.96 bits per heavy atom. The van der Waals surface area contributed by atoms with Crippen molar-refractivity contribution in [2.45, 2.75) is 38.8 Å². The number of hydrogen-bond donors (Lipinski definition) is 2. The van der Waals surface area contributed by atoms with E-state index in [0.29, 0.717) is 24.0 Å². The molecule has 1 fully saturated rings. The van der Waals surface area contributed by atoms with Crippen LogP contribution in [0.25, 0.3) is 10.9 Å². The van der Waals surface area contributed by atoms with Crippen molar-refractivity contribution in [1.82, 2.24) is 9.88 Å². The Morgan fingerprint density at radius 2 is 2.22 bits per heavy atom. The third-order valence-corrected chi connectivity index (χ3v) is 5.06. The number of aromatic nitrogens is 1. The van der Waals surface area contributed by atoms with Crippen LogP contribution in [-0.2, 0) is 6.54 Å². The molecular weight excluding hydrogens is 295 g/mol. The molecule has 2 aromatic rings. The molecule has 0 unspecified atom stereocenters. The van der Waals surface area contributed by atoms with Crippen molar-refractivity contribution >= 4 is 10.9 Å². The smallest absolute Gasteiger partial charge is 0.252 e. The van der Waals surface area contributed by atoms with E-state index in [1.54, 1.807) is 6.07 Å². The van der Waals surface area contributed by atoms with Gasteiger partial charge in [0.1, 0.15) is 5.82 Å². The van der Waals surface area contributed by atoms with Crippen LogP contribution in [0.3, 0.4) is 0 Å². The van der Waals surface area contributed by atoms with Crippen molar-refractivity contribution in [2.24, 2.45) is 5.92 Å². The van der Waals surface area contributed by atoms with Gasteiger partial charge in [0, 0.05) is 25.2 Å². The molecule has 0 saturated carbocycles. The van der Waals surface area contributed by atoms with Crippen LogP contribution in [-0.4, -0.2) is 33.7 Å². The molecule has 0 spiro atoms. The maximum Gasteiger partial charge on any atom is 0.252 e. The number of likely N-dealkylation sites (tertiary alicyclic amines) is 1. The third kappa shape index (κ3) is 3.31. The van der Waals surface area contributed by atoms with E-state index in [1.165, 1.54) is 12.1 Å². The van der Waals surface area contributed by atoms with Crippen LogP contribution < -0.4 is 5.56 Å². The van der Waals surface area contributed by atoms with Crippen LogP contribution in [0.15, 0.2) is 29.1 Å². The number of fused-ring (bicyclic) bond motifs is 1. The number of halogens is 1. The zero-order valence-corrected chi connectivity index (χ0v) is 13.6. The van der Waals surface area contributed by atoms with Crippen LogP contribution >= 0.6 is 0 Å². The first-order valence-corrected chi connectivity index (χ1v) is 8.15. The summed E-state index contributed by atoms with van der Waals surface area (Å²) in [5.74, 6) is -0.144. The molecule has 1 aromatic heterocycles. The van der Waals surface area contributed by atoms with Crippen molar-refractivity contribution in [2.75, 3.05) is 13.1 Å². The van der Waals surface area contributed by atoms with Gasteiger partial charge in [-0.05, 0) is 55.3 Å². The van der Waals surface area contributed by atoms with E-state index in [-0.39, 0.29) is 17.3 Å². The summed E-state index contributed by atoms with van der Waals surface area (Å²) in [5.41, 5.74) is 0.402. The lowest BCUT2D eigenvalue weighted by molar-refractivity contribution is -0.0608. The molecule has 2 N–H and O–H groups in total. The van der Waals surface area contributed by atoms with Gasteiger partial charge in [0.05, 0.1) is 11.1 Å². The van der Waals surface area contributed by atoms with Gasteiger partial charge in [-0.25, -0.2) is 4.39 Å². The number of hydrogen-bond acceptors (Lipinski definition) is 3. The SMILES string of the molecule is CC[C@H]1CN(Cc2cc3ccc(F)cc3[nH]c2=O)CC[C@@]1(C)O. The fourth-order valence-corrected chi connectivity index (χ4v) is 3.48. The molecule has 4 nitrogen and oxygen atoms in total. The number of pyridine rings is 1. The molecule has 5 heteroatoms. The summed E-state index contributed by atoms with van der Waals surface area (Å²) >= 11 is 0. The normalized spacial score (nSPS) is 25.8. The van der Waals surface area contributed by atoms with E-state index in [2.05, 4.69) is 16.8 Å². The molecule has 0 amide bonds. The lowest BCUT2D eigenvalue weighted by atomic mass is 9.81. The largest absolute Gasteiger partial charge is 0.390 e. The molecule has 3 rings (SSSR count). The number of nitrogens with zero attached hydrogens (tertiary/aromatic N) is 1. The van der Waals surface area contributed by atoms with Crippen molar-refractivity contribution in [3.05, 3.63) is 46.0 Å². The second-order valence-electron chi connectivity index (χ2n) is 6.80. The van der Waals surface area contributed by atoms with Crippen LogP contribution in [0.2, 0.25) is 0 Å². The molecule has 1 saturated heterocycles. The molecule has 2 heterocycles. The first kappa shape index (κ1) is 16.1. The Hall–Kier alpha value is -1.72. The Bertz CT molecular complexity index is 769. The second-order valence-corrected chi connectivity index (χ2v) is 6.80. The molecule has 124 valence electrons. The Morgan fingerprint density at radius 1 is 1.43 bits per heavy atom. The summed E-state index contributed by atoms with van der Waals surface area (Å²) in [5, 5.41) is 11.2. The molecule has 1 aliphatic rings. The topological polar surface area (TPSA) is 56.3 Å². The number of aliphatic hydroxyl groups is 1. The lowest BCUT2D eigenvalue weighted by Gasteiger charge is -2.42. The summed E-state index contributed by atoms with van der Waals surface area (Å²) in [6.45, 7) is 6.08. The highest BCUT2D eigenvalue weighted by Gasteiger charge is 2.36. The summed E-state index contributed by atoms with van der Waals surface area (Å²) in [6.07, 6.45) is 1.62. The highest BCUT2D eigenvalue weighted by atomic mass is 19.1. The maximum atomic E-state index is 13.2. The number of rotatable bonds is 3. The number of aromatic amines is 1.